The molecular formula is C19H34N4O5S. The number of aliphatic carboxylic acids is 1. The number of carboxylic acids is 1. The molecule has 1 rings (SSSR count). The molecule has 166 valence electrons. The zero-order valence-corrected chi connectivity index (χ0v) is 18.5. The van der Waals surface area contributed by atoms with Crippen molar-refractivity contribution in [1.29, 1.82) is 0 Å². The van der Waals surface area contributed by atoms with Crippen LogP contribution >= 0.6 is 11.8 Å². The van der Waals surface area contributed by atoms with Crippen molar-refractivity contribution in [3.05, 3.63) is 0 Å². The second-order valence-electron chi connectivity index (χ2n) is 7.84. The highest BCUT2D eigenvalue weighted by Crippen LogP contribution is 2.18. The number of rotatable bonds is 11. The molecule has 0 aromatic carbocycles. The average molecular weight is 431 g/mol. The van der Waals surface area contributed by atoms with E-state index in [1.54, 1.807) is 0 Å². The van der Waals surface area contributed by atoms with Gasteiger partial charge in [0.25, 0.3) is 0 Å². The quantitative estimate of drug-likeness (QED) is 0.366. The fourth-order valence-electron chi connectivity index (χ4n) is 3.31. The van der Waals surface area contributed by atoms with Crippen molar-refractivity contribution in [3.8, 4) is 0 Å². The molecule has 1 saturated heterocycles. The van der Waals surface area contributed by atoms with E-state index in [-0.39, 0.29) is 5.92 Å². The van der Waals surface area contributed by atoms with Gasteiger partial charge in [-0.1, -0.05) is 13.8 Å². The van der Waals surface area contributed by atoms with Crippen LogP contribution in [0.3, 0.4) is 0 Å². The van der Waals surface area contributed by atoms with Gasteiger partial charge in [-0.3, -0.25) is 14.4 Å². The maximum atomic E-state index is 12.7. The molecule has 0 aromatic heterocycles. The first-order valence-corrected chi connectivity index (χ1v) is 11.4. The van der Waals surface area contributed by atoms with Crippen LogP contribution in [0.25, 0.3) is 0 Å². The number of carbonyl (C=O) groups excluding carboxylic acids is 3. The van der Waals surface area contributed by atoms with Crippen molar-refractivity contribution in [1.82, 2.24) is 15.5 Å². The van der Waals surface area contributed by atoms with E-state index < -0.39 is 47.9 Å². The molecule has 4 unspecified atom stereocenters. The minimum absolute atomic E-state index is 0.245. The lowest BCUT2D eigenvalue weighted by molar-refractivity contribution is -0.149. The largest absolute Gasteiger partial charge is 0.480 e. The zero-order chi connectivity index (χ0) is 22.1. The van der Waals surface area contributed by atoms with E-state index in [0.717, 1.165) is 0 Å². The number of nitrogens with one attached hydrogen (secondary N) is 2. The summed E-state index contributed by atoms with van der Waals surface area (Å²) in [5.41, 5.74) is 5.91. The fourth-order valence-corrected chi connectivity index (χ4v) is 3.78. The van der Waals surface area contributed by atoms with Crippen LogP contribution in [0.15, 0.2) is 0 Å². The van der Waals surface area contributed by atoms with Crippen molar-refractivity contribution in [2.24, 2.45) is 11.7 Å². The zero-order valence-electron chi connectivity index (χ0n) is 17.6. The molecule has 0 spiro atoms. The van der Waals surface area contributed by atoms with E-state index in [1.165, 1.54) is 23.6 Å². The van der Waals surface area contributed by atoms with E-state index in [0.29, 0.717) is 38.0 Å². The summed E-state index contributed by atoms with van der Waals surface area (Å²) in [5.74, 6) is -1.46. The second kappa shape index (κ2) is 12.0. The topological polar surface area (TPSA) is 142 Å². The first kappa shape index (κ1) is 25.2. The van der Waals surface area contributed by atoms with E-state index in [1.807, 2.05) is 20.1 Å². The normalized spacial score (nSPS) is 19.5. The summed E-state index contributed by atoms with van der Waals surface area (Å²) in [5, 5.41) is 14.6. The standard InChI is InChI=1S/C19H34N4O5S/c1-11(2)10-13(20)16(24)22-14(7-9-29-4)17(25)21-12(3)18(26)23-8-5-6-15(23)19(27)28/h11-15H,5-10,20H2,1-4H3,(H,21,25)(H,22,24)(H,27,28). The molecule has 29 heavy (non-hydrogen) atoms. The van der Waals surface area contributed by atoms with Crippen molar-refractivity contribution >= 4 is 35.5 Å². The Kier molecular flexibility index (Phi) is 10.5. The molecule has 0 bridgehead atoms. The summed E-state index contributed by atoms with van der Waals surface area (Å²) in [4.78, 5) is 50.3. The lowest BCUT2D eigenvalue weighted by Crippen LogP contribution is -2.56. The molecule has 0 aliphatic carbocycles. The van der Waals surface area contributed by atoms with Gasteiger partial charge in [-0.2, -0.15) is 11.8 Å². The minimum atomic E-state index is -1.04. The third-order valence-corrected chi connectivity index (χ3v) is 5.50. The summed E-state index contributed by atoms with van der Waals surface area (Å²) < 4.78 is 0. The predicted octanol–water partition coefficient (Wildman–Crippen LogP) is 0.178. The molecule has 1 fully saturated rings. The molecule has 10 heteroatoms. The summed E-state index contributed by atoms with van der Waals surface area (Å²) in [7, 11) is 0. The number of hydrogen-bond donors (Lipinski definition) is 4. The Balaban J connectivity index is 2.74. The maximum absolute atomic E-state index is 12.7. The van der Waals surface area contributed by atoms with E-state index in [9.17, 15) is 24.3 Å². The molecule has 9 nitrogen and oxygen atoms in total. The second-order valence-corrected chi connectivity index (χ2v) is 8.82. The molecule has 4 atom stereocenters. The van der Waals surface area contributed by atoms with Crippen LogP contribution in [-0.4, -0.2) is 76.4 Å². The van der Waals surface area contributed by atoms with Gasteiger partial charge in [-0.15, -0.1) is 0 Å². The van der Waals surface area contributed by atoms with Gasteiger partial charge in [-0.25, -0.2) is 4.79 Å². The molecule has 0 saturated carbocycles. The third kappa shape index (κ3) is 7.85. The lowest BCUT2D eigenvalue weighted by Gasteiger charge is -2.27. The van der Waals surface area contributed by atoms with Gasteiger partial charge in [0.2, 0.25) is 17.7 Å². The Morgan fingerprint density at radius 2 is 1.83 bits per heavy atom. The van der Waals surface area contributed by atoms with E-state index >= 15 is 0 Å². The van der Waals surface area contributed by atoms with Crippen LogP contribution in [0.2, 0.25) is 0 Å². The first-order valence-electron chi connectivity index (χ1n) is 9.97. The molecule has 3 amide bonds. The van der Waals surface area contributed by atoms with Crippen molar-refractivity contribution in [2.45, 2.75) is 70.6 Å². The Bertz CT molecular complexity index is 601. The fraction of sp³-hybridized carbons (Fsp3) is 0.789. The van der Waals surface area contributed by atoms with Gasteiger partial charge >= 0.3 is 5.97 Å². The molecular weight excluding hydrogens is 396 g/mol. The van der Waals surface area contributed by atoms with Crippen LogP contribution in [0.4, 0.5) is 0 Å². The summed E-state index contributed by atoms with van der Waals surface area (Å²) in [6, 6.07) is -3.26. The maximum Gasteiger partial charge on any atom is 0.326 e. The van der Waals surface area contributed by atoms with Crippen LogP contribution in [0, 0.1) is 5.92 Å². The van der Waals surface area contributed by atoms with Crippen LogP contribution < -0.4 is 16.4 Å². The van der Waals surface area contributed by atoms with Crippen LogP contribution in [0.5, 0.6) is 0 Å². The SMILES string of the molecule is CSCCC(NC(=O)C(N)CC(C)C)C(=O)NC(C)C(=O)N1CCCC1C(=O)O. The molecule has 0 aromatic rings. The molecule has 1 aliphatic heterocycles. The number of thioether (sulfide) groups is 1. The Labute approximate surface area is 176 Å². The van der Waals surface area contributed by atoms with E-state index in [4.69, 9.17) is 5.73 Å². The Hall–Kier alpha value is -1.81. The number of hydrogen-bond acceptors (Lipinski definition) is 6. The molecule has 5 N–H and O–H groups in total. The van der Waals surface area contributed by atoms with Gasteiger partial charge < -0.3 is 26.4 Å². The predicted molar refractivity (Wildman–Crippen MR) is 112 cm³/mol. The monoisotopic (exact) mass is 430 g/mol. The summed E-state index contributed by atoms with van der Waals surface area (Å²) in [6.07, 6.45) is 3.82. The van der Waals surface area contributed by atoms with Crippen molar-refractivity contribution < 1.29 is 24.3 Å². The number of nitrogens with two attached hydrogens (primary N) is 1. The summed E-state index contributed by atoms with van der Waals surface area (Å²) in [6.45, 7) is 5.80. The number of carboxylic acid groups (broad SMARTS) is 1. The Morgan fingerprint density at radius 3 is 2.38 bits per heavy atom. The highest BCUT2D eigenvalue weighted by atomic mass is 32.2. The number of carbonyl (C=O) groups is 4. The van der Waals surface area contributed by atoms with Gasteiger partial charge in [0.05, 0.1) is 6.04 Å². The average Bonchev–Trinajstić information content (AvgIpc) is 3.13. The highest BCUT2D eigenvalue weighted by Gasteiger charge is 2.36. The molecule has 0 radical (unpaired) electrons. The van der Waals surface area contributed by atoms with Gasteiger partial charge in [-0.05, 0) is 50.5 Å². The summed E-state index contributed by atoms with van der Waals surface area (Å²) >= 11 is 1.54. The van der Waals surface area contributed by atoms with E-state index in [2.05, 4.69) is 10.6 Å². The van der Waals surface area contributed by atoms with Crippen LogP contribution in [-0.2, 0) is 19.2 Å². The lowest BCUT2D eigenvalue weighted by atomic mass is 10.0. The molecule has 1 aliphatic rings. The van der Waals surface area contributed by atoms with Gasteiger partial charge in [0.15, 0.2) is 0 Å². The Morgan fingerprint density at radius 1 is 1.17 bits per heavy atom. The highest BCUT2D eigenvalue weighted by molar-refractivity contribution is 7.98. The van der Waals surface area contributed by atoms with Crippen LogP contribution in [0.1, 0.15) is 46.5 Å². The number of likely N-dealkylation sites (tertiary alicyclic amines) is 1. The van der Waals surface area contributed by atoms with Gasteiger partial charge in [0.1, 0.15) is 18.1 Å². The first-order chi connectivity index (χ1) is 13.6. The number of amides is 3. The smallest absolute Gasteiger partial charge is 0.326 e. The molecule has 1 heterocycles. The van der Waals surface area contributed by atoms with Crippen molar-refractivity contribution in [2.75, 3.05) is 18.6 Å². The number of nitrogens with zero attached hydrogens (tertiary/aromatic N) is 1. The minimum Gasteiger partial charge on any atom is -0.480 e. The third-order valence-electron chi connectivity index (χ3n) is 4.86. The van der Waals surface area contributed by atoms with Crippen molar-refractivity contribution in [3.63, 3.8) is 0 Å². The van der Waals surface area contributed by atoms with Gasteiger partial charge in [0, 0.05) is 6.54 Å².